The summed E-state index contributed by atoms with van der Waals surface area (Å²) >= 11 is 0. The summed E-state index contributed by atoms with van der Waals surface area (Å²) in [4.78, 5) is 0. The third kappa shape index (κ3) is 4.61. The van der Waals surface area contributed by atoms with Crippen molar-refractivity contribution in [1.82, 2.24) is 0 Å². The Morgan fingerprint density at radius 3 is 1.85 bits per heavy atom. The van der Waals surface area contributed by atoms with Crippen molar-refractivity contribution in [3.63, 3.8) is 0 Å². The Labute approximate surface area is 121 Å². The number of rotatable bonds is 3. The summed E-state index contributed by atoms with van der Waals surface area (Å²) in [7, 11) is 0. The van der Waals surface area contributed by atoms with Crippen LogP contribution in [0.2, 0.25) is 0 Å². The molecule has 0 aromatic heterocycles. The van der Waals surface area contributed by atoms with Crippen LogP contribution in [-0.4, -0.2) is 10.2 Å². The highest BCUT2D eigenvalue weighted by Crippen LogP contribution is 2.21. The number of aryl methyl sites for hydroxylation is 2. The van der Waals surface area contributed by atoms with E-state index in [0.29, 0.717) is 11.5 Å². The molecule has 0 amide bonds. The molecule has 0 atom stereocenters. The lowest BCUT2D eigenvalue weighted by atomic mass is 10.0. The van der Waals surface area contributed by atoms with Crippen LogP contribution in [0, 0.1) is 0 Å². The molecule has 2 aromatic rings. The Kier molecular flexibility index (Phi) is 6.65. The highest BCUT2D eigenvalue weighted by atomic mass is 16.3. The van der Waals surface area contributed by atoms with Gasteiger partial charge in [0.2, 0.25) is 0 Å². The standard InChI is InChI=1S/C10H14O.C8H10O/c1-3-8-6-5-7-10(11)9(8)4-2;1-2-7-3-5-8(9)6-4-7/h5-7,11H,3-4H2,1-2H3;3-6,9H,2H2,1H3. The average Bonchev–Trinajstić information content (AvgIpc) is 2.48. The van der Waals surface area contributed by atoms with E-state index in [1.165, 1.54) is 11.1 Å². The van der Waals surface area contributed by atoms with Crippen molar-refractivity contribution in [2.24, 2.45) is 0 Å². The molecule has 0 unspecified atom stereocenters. The molecule has 108 valence electrons. The highest BCUT2D eigenvalue weighted by Gasteiger charge is 2.02. The number of hydrogen-bond acceptors (Lipinski definition) is 2. The lowest BCUT2D eigenvalue weighted by Gasteiger charge is -2.06. The molecular formula is C18H24O2. The van der Waals surface area contributed by atoms with E-state index in [2.05, 4.69) is 26.8 Å². The van der Waals surface area contributed by atoms with Crippen molar-refractivity contribution in [2.75, 3.05) is 0 Å². The molecule has 2 nitrogen and oxygen atoms in total. The smallest absolute Gasteiger partial charge is 0.119 e. The molecule has 0 heterocycles. The van der Waals surface area contributed by atoms with Crippen LogP contribution in [0.25, 0.3) is 0 Å². The first-order valence-corrected chi connectivity index (χ1v) is 7.19. The van der Waals surface area contributed by atoms with Crippen molar-refractivity contribution in [3.05, 3.63) is 59.2 Å². The number of phenolic OH excluding ortho intramolecular Hbond substituents is 2. The van der Waals surface area contributed by atoms with Crippen LogP contribution in [0.3, 0.4) is 0 Å². The van der Waals surface area contributed by atoms with E-state index in [4.69, 9.17) is 5.11 Å². The normalized spacial score (nSPS) is 9.75. The molecule has 0 saturated heterocycles. The molecule has 0 aliphatic heterocycles. The Morgan fingerprint density at radius 2 is 1.40 bits per heavy atom. The van der Waals surface area contributed by atoms with Crippen molar-refractivity contribution in [2.45, 2.75) is 40.0 Å². The second-order valence-corrected chi connectivity index (χ2v) is 4.64. The summed E-state index contributed by atoms with van der Waals surface area (Å²) in [6.45, 7) is 6.26. The maximum atomic E-state index is 9.42. The Bertz CT molecular complexity index is 515. The van der Waals surface area contributed by atoms with Gasteiger partial charge in [0.05, 0.1) is 0 Å². The first-order valence-electron chi connectivity index (χ1n) is 7.19. The third-order valence-electron chi connectivity index (χ3n) is 3.33. The van der Waals surface area contributed by atoms with Gasteiger partial charge in [-0.2, -0.15) is 0 Å². The average molecular weight is 272 g/mol. The van der Waals surface area contributed by atoms with Gasteiger partial charge in [0.1, 0.15) is 11.5 Å². The van der Waals surface area contributed by atoms with E-state index in [-0.39, 0.29) is 0 Å². The summed E-state index contributed by atoms with van der Waals surface area (Å²) in [5.41, 5.74) is 3.61. The van der Waals surface area contributed by atoms with Crippen LogP contribution in [0.1, 0.15) is 37.5 Å². The lowest BCUT2D eigenvalue weighted by Crippen LogP contribution is -1.90. The summed E-state index contributed by atoms with van der Waals surface area (Å²) < 4.78 is 0. The maximum Gasteiger partial charge on any atom is 0.119 e. The zero-order valence-corrected chi connectivity index (χ0v) is 12.6. The molecule has 0 radical (unpaired) electrons. The lowest BCUT2D eigenvalue weighted by molar-refractivity contribution is 0.468. The fourth-order valence-electron chi connectivity index (χ4n) is 2.09. The number of hydrogen-bond donors (Lipinski definition) is 2. The molecule has 2 rings (SSSR count). The Morgan fingerprint density at radius 1 is 0.750 bits per heavy atom. The van der Waals surface area contributed by atoms with Crippen molar-refractivity contribution < 1.29 is 10.2 Å². The minimum Gasteiger partial charge on any atom is -0.508 e. The topological polar surface area (TPSA) is 40.5 Å². The number of benzene rings is 2. The van der Waals surface area contributed by atoms with Gasteiger partial charge < -0.3 is 10.2 Å². The van der Waals surface area contributed by atoms with E-state index in [1.807, 2.05) is 18.2 Å². The van der Waals surface area contributed by atoms with Gasteiger partial charge in [-0.3, -0.25) is 0 Å². The molecule has 0 aliphatic carbocycles. The number of aromatic hydroxyl groups is 2. The zero-order valence-electron chi connectivity index (χ0n) is 12.6. The third-order valence-corrected chi connectivity index (χ3v) is 3.33. The van der Waals surface area contributed by atoms with E-state index in [1.54, 1.807) is 18.2 Å². The predicted octanol–water partition coefficient (Wildman–Crippen LogP) is 4.47. The van der Waals surface area contributed by atoms with Gasteiger partial charge in [-0.25, -0.2) is 0 Å². The first-order chi connectivity index (χ1) is 9.62. The summed E-state index contributed by atoms with van der Waals surface area (Å²) in [6.07, 6.45) is 2.94. The van der Waals surface area contributed by atoms with Gasteiger partial charge in [0.15, 0.2) is 0 Å². The molecule has 0 fully saturated rings. The molecule has 0 bridgehead atoms. The molecule has 20 heavy (non-hydrogen) atoms. The highest BCUT2D eigenvalue weighted by molar-refractivity contribution is 5.39. The van der Waals surface area contributed by atoms with Crippen molar-refractivity contribution in [1.29, 1.82) is 0 Å². The second kappa shape index (κ2) is 8.26. The molecule has 2 N–H and O–H groups in total. The maximum absolute atomic E-state index is 9.42. The van der Waals surface area contributed by atoms with Crippen LogP contribution >= 0.6 is 0 Å². The van der Waals surface area contributed by atoms with Gasteiger partial charge in [-0.1, -0.05) is 45.0 Å². The van der Waals surface area contributed by atoms with Crippen molar-refractivity contribution in [3.8, 4) is 11.5 Å². The minimum atomic E-state index is 0.340. The van der Waals surface area contributed by atoms with Crippen LogP contribution < -0.4 is 0 Å². The molecule has 2 aromatic carbocycles. The zero-order chi connectivity index (χ0) is 15.0. The van der Waals surface area contributed by atoms with E-state index < -0.39 is 0 Å². The van der Waals surface area contributed by atoms with E-state index in [0.717, 1.165) is 24.8 Å². The Balaban J connectivity index is 0.000000204. The summed E-state index contributed by atoms with van der Waals surface area (Å²) in [5, 5.41) is 18.3. The van der Waals surface area contributed by atoms with Gasteiger partial charge in [0.25, 0.3) is 0 Å². The SMILES string of the molecule is CCc1ccc(O)cc1.CCc1cccc(O)c1CC. The summed E-state index contributed by atoms with van der Waals surface area (Å²) in [6, 6.07) is 13.0. The van der Waals surface area contributed by atoms with Crippen LogP contribution in [0.5, 0.6) is 11.5 Å². The van der Waals surface area contributed by atoms with Crippen LogP contribution in [0.15, 0.2) is 42.5 Å². The largest absolute Gasteiger partial charge is 0.508 e. The predicted molar refractivity (Wildman–Crippen MR) is 84.3 cm³/mol. The van der Waals surface area contributed by atoms with Crippen molar-refractivity contribution >= 4 is 0 Å². The van der Waals surface area contributed by atoms with Gasteiger partial charge in [-0.05, 0) is 54.2 Å². The quantitative estimate of drug-likeness (QED) is 0.865. The van der Waals surface area contributed by atoms with Crippen LogP contribution in [0.4, 0.5) is 0 Å². The Hall–Kier alpha value is -1.96. The second-order valence-electron chi connectivity index (χ2n) is 4.64. The minimum absolute atomic E-state index is 0.340. The van der Waals surface area contributed by atoms with Gasteiger partial charge >= 0.3 is 0 Å². The summed E-state index contributed by atoms with van der Waals surface area (Å²) in [5.74, 6) is 0.777. The monoisotopic (exact) mass is 272 g/mol. The molecule has 0 spiro atoms. The molecular weight excluding hydrogens is 248 g/mol. The van der Waals surface area contributed by atoms with Gasteiger partial charge in [-0.15, -0.1) is 0 Å². The van der Waals surface area contributed by atoms with E-state index in [9.17, 15) is 5.11 Å². The molecule has 0 saturated carbocycles. The fourth-order valence-corrected chi connectivity index (χ4v) is 2.09. The van der Waals surface area contributed by atoms with Gasteiger partial charge in [0, 0.05) is 0 Å². The number of phenols is 2. The fraction of sp³-hybridized carbons (Fsp3) is 0.333. The molecule has 2 heteroatoms. The van der Waals surface area contributed by atoms with Crippen LogP contribution in [-0.2, 0) is 19.3 Å². The first kappa shape index (κ1) is 16.1. The van der Waals surface area contributed by atoms with E-state index >= 15 is 0 Å². The molecule has 0 aliphatic rings.